The van der Waals surface area contributed by atoms with Crippen molar-refractivity contribution in [1.29, 1.82) is 0 Å². The third kappa shape index (κ3) is 6.72. The molecule has 0 atom stereocenters. The van der Waals surface area contributed by atoms with Crippen molar-refractivity contribution in [3.8, 4) is 0 Å². The van der Waals surface area contributed by atoms with Gasteiger partial charge in [-0.2, -0.15) is 0 Å². The molecule has 0 bridgehead atoms. The maximum absolute atomic E-state index is 11.6. The van der Waals surface area contributed by atoms with E-state index in [1.54, 1.807) is 7.05 Å². The van der Waals surface area contributed by atoms with Gasteiger partial charge in [-0.1, -0.05) is 24.3 Å². The van der Waals surface area contributed by atoms with Crippen LogP contribution in [0.1, 0.15) is 36.2 Å². The lowest BCUT2D eigenvalue weighted by Gasteiger charge is -2.34. The molecular weight excluding hydrogens is 491 g/mol. The van der Waals surface area contributed by atoms with Crippen molar-refractivity contribution >= 4 is 35.8 Å². The predicted octanol–water partition coefficient (Wildman–Crippen LogP) is 2.78. The third-order valence-electron chi connectivity index (χ3n) is 5.60. The molecule has 30 heavy (non-hydrogen) atoms. The van der Waals surface area contributed by atoms with Gasteiger partial charge in [0.15, 0.2) is 5.96 Å². The van der Waals surface area contributed by atoms with E-state index in [1.165, 1.54) is 11.1 Å². The number of amides is 1. The van der Waals surface area contributed by atoms with Gasteiger partial charge in [0.25, 0.3) is 0 Å². The van der Waals surface area contributed by atoms with Crippen LogP contribution in [0.25, 0.3) is 0 Å². The molecule has 3 rings (SSSR count). The number of nitrogens with one attached hydrogen (secondary N) is 2. The van der Waals surface area contributed by atoms with Gasteiger partial charge in [0.1, 0.15) is 5.82 Å². The van der Waals surface area contributed by atoms with Crippen LogP contribution in [0.2, 0.25) is 0 Å². The summed E-state index contributed by atoms with van der Waals surface area (Å²) in [6, 6.07) is 8.62. The van der Waals surface area contributed by atoms with Crippen LogP contribution >= 0.6 is 24.0 Å². The lowest BCUT2D eigenvalue weighted by Crippen LogP contribution is -2.45. The number of imidazole rings is 1. The van der Waals surface area contributed by atoms with Crippen LogP contribution in [0, 0.1) is 12.8 Å². The van der Waals surface area contributed by atoms with Gasteiger partial charge in [0.05, 0.1) is 0 Å². The van der Waals surface area contributed by atoms with Crippen LogP contribution in [-0.4, -0.2) is 53.5 Å². The summed E-state index contributed by atoms with van der Waals surface area (Å²) < 4.78 is 2.15. The number of likely N-dealkylation sites (tertiary alicyclic amines) is 1. The smallest absolute Gasteiger partial charge is 0.220 e. The first kappa shape index (κ1) is 24.2. The Kier molecular flexibility index (Phi) is 9.61. The second-order valence-electron chi connectivity index (χ2n) is 7.63. The molecule has 164 valence electrons. The Morgan fingerprint density at radius 1 is 1.27 bits per heavy atom. The second kappa shape index (κ2) is 11.9. The molecule has 0 saturated carbocycles. The molecule has 1 saturated heterocycles. The van der Waals surface area contributed by atoms with Crippen LogP contribution in [-0.2, 0) is 17.9 Å². The van der Waals surface area contributed by atoms with Crippen molar-refractivity contribution < 1.29 is 4.79 Å². The number of aryl methyl sites for hydroxylation is 1. The zero-order valence-corrected chi connectivity index (χ0v) is 20.4. The molecule has 2 aromatic rings. The van der Waals surface area contributed by atoms with Gasteiger partial charge in [-0.05, 0) is 36.8 Å². The van der Waals surface area contributed by atoms with Crippen molar-refractivity contribution in [3.63, 3.8) is 0 Å². The monoisotopic (exact) mass is 524 g/mol. The van der Waals surface area contributed by atoms with Crippen molar-refractivity contribution in [2.75, 3.05) is 27.2 Å². The minimum Gasteiger partial charge on any atom is -0.359 e. The Morgan fingerprint density at radius 2 is 2.00 bits per heavy atom. The van der Waals surface area contributed by atoms with E-state index in [4.69, 9.17) is 0 Å². The summed E-state index contributed by atoms with van der Waals surface area (Å²) in [6.07, 6.45) is 6.51. The topological polar surface area (TPSA) is 74.5 Å². The Bertz CT molecular complexity index is 842. The Labute approximate surface area is 196 Å². The number of hydrogen-bond acceptors (Lipinski definition) is 3. The van der Waals surface area contributed by atoms with Crippen molar-refractivity contribution in [2.45, 2.75) is 39.3 Å². The molecule has 0 spiro atoms. The summed E-state index contributed by atoms with van der Waals surface area (Å²) in [5.74, 6) is 2.55. The predicted molar refractivity (Wildman–Crippen MR) is 131 cm³/mol. The SMILES string of the molecule is CN=C(NCc1cccc(Cn2ccnc2C)c1)N1CCC(CC(=O)NC)CC1.I. The van der Waals surface area contributed by atoms with Gasteiger partial charge < -0.3 is 20.1 Å². The number of aliphatic imine (C=N–C) groups is 1. The van der Waals surface area contributed by atoms with E-state index >= 15 is 0 Å². The summed E-state index contributed by atoms with van der Waals surface area (Å²) in [4.78, 5) is 22.6. The Hall–Kier alpha value is -2.10. The number of carbonyl (C=O) groups is 1. The highest BCUT2D eigenvalue weighted by molar-refractivity contribution is 14.0. The minimum atomic E-state index is 0. The molecule has 1 aliphatic heterocycles. The molecule has 7 nitrogen and oxygen atoms in total. The van der Waals surface area contributed by atoms with Gasteiger partial charge in [0.2, 0.25) is 5.91 Å². The lowest BCUT2D eigenvalue weighted by molar-refractivity contribution is -0.121. The fourth-order valence-corrected chi connectivity index (χ4v) is 3.83. The zero-order chi connectivity index (χ0) is 20.6. The molecule has 0 aliphatic carbocycles. The number of hydrogen-bond donors (Lipinski definition) is 2. The van der Waals surface area contributed by atoms with E-state index in [2.05, 4.69) is 54.3 Å². The maximum atomic E-state index is 11.6. The summed E-state index contributed by atoms with van der Waals surface area (Å²) in [5.41, 5.74) is 2.49. The lowest BCUT2D eigenvalue weighted by atomic mass is 9.93. The zero-order valence-electron chi connectivity index (χ0n) is 18.1. The fraction of sp³-hybridized carbons (Fsp3) is 0.500. The van der Waals surface area contributed by atoms with E-state index in [0.29, 0.717) is 12.3 Å². The van der Waals surface area contributed by atoms with Crippen LogP contribution in [0.3, 0.4) is 0 Å². The first-order valence-electron chi connectivity index (χ1n) is 10.3. The van der Waals surface area contributed by atoms with E-state index in [0.717, 1.165) is 50.8 Å². The van der Waals surface area contributed by atoms with Crippen LogP contribution in [0.5, 0.6) is 0 Å². The number of rotatable bonds is 6. The highest BCUT2D eigenvalue weighted by Crippen LogP contribution is 2.20. The van der Waals surface area contributed by atoms with Crippen molar-refractivity contribution in [3.05, 3.63) is 53.6 Å². The summed E-state index contributed by atoms with van der Waals surface area (Å²) in [5, 5.41) is 6.22. The molecule has 1 aliphatic rings. The first-order chi connectivity index (χ1) is 14.1. The second-order valence-corrected chi connectivity index (χ2v) is 7.63. The van der Waals surface area contributed by atoms with Gasteiger partial charge >= 0.3 is 0 Å². The van der Waals surface area contributed by atoms with Gasteiger partial charge in [0, 0.05) is 59.1 Å². The molecule has 2 heterocycles. The van der Waals surface area contributed by atoms with E-state index in [-0.39, 0.29) is 29.9 Å². The van der Waals surface area contributed by atoms with E-state index in [1.807, 2.05) is 26.4 Å². The number of guanidine groups is 1. The fourth-order valence-electron chi connectivity index (χ4n) is 3.83. The van der Waals surface area contributed by atoms with E-state index in [9.17, 15) is 4.79 Å². The Balaban J connectivity index is 0.00000320. The number of benzene rings is 1. The third-order valence-corrected chi connectivity index (χ3v) is 5.60. The molecule has 1 fully saturated rings. The number of nitrogens with zero attached hydrogens (tertiary/aromatic N) is 4. The van der Waals surface area contributed by atoms with E-state index < -0.39 is 0 Å². The largest absolute Gasteiger partial charge is 0.359 e. The standard InChI is InChI=1S/C22H32N6O.HI/c1-17-25-9-12-28(17)16-20-6-4-5-19(13-20)15-26-22(24-3)27-10-7-18(8-11-27)14-21(29)23-2;/h4-6,9,12-13,18H,7-8,10-11,14-16H2,1-3H3,(H,23,29)(H,24,26);1H. The number of piperidine rings is 1. The number of halogens is 1. The maximum Gasteiger partial charge on any atom is 0.220 e. The highest BCUT2D eigenvalue weighted by Gasteiger charge is 2.23. The molecule has 2 N–H and O–H groups in total. The van der Waals surface area contributed by atoms with Gasteiger partial charge in [-0.15, -0.1) is 24.0 Å². The molecule has 1 amide bonds. The van der Waals surface area contributed by atoms with Gasteiger partial charge in [-0.3, -0.25) is 9.79 Å². The first-order valence-corrected chi connectivity index (χ1v) is 10.3. The van der Waals surface area contributed by atoms with Crippen LogP contribution in [0.15, 0.2) is 41.7 Å². The molecule has 0 unspecified atom stereocenters. The van der Waals surface area contributed by atoms with Crippen LogP contribution < -0.4 is 10.6 Å². The average molecular weight is 524 g/mol. The molecular formula is C22H33IN6O. The minimum absolute atomic E-state index is 0. The summed E-state index contributed by atoms with van der Waals surface area (Å²) in [7, 11) is 3.53. The molecule has 8 heteroatoms. The van der Waals surface area contributed by atoms with Crippen LogP contribution in [0.4, 0.5) is 0 Å². The molecule has 0 radical (unpaired) electrons. The van der Waals surface area contributed by atoms with Crippen molar-refractivity contribution in [2.24, 2.45) is 10.9 Å². The quantitative estimate of drug-likeness (QED) is 0.347. The summed E-state index contributed by atoms with van der Waals surface area (Å²) >= 11 is 0. The highest BCUT2D eigenvalue weighted by atomic mass is 127. The van der Waals surface area contributed by atoms with Gasteiger partial charge in [-0.25, -0.2) is 4.98 Å². The summed E-state index contributed by atoms with van der Waals surface area (Å²) in [6.45, 7) is 5.45. The van der Waals surface area contributed by atoms with Crippen molar-refractivity contribution in [1.82, 2.24) is 25.1 Å². The normalized spacial score (nSPS) is 14.9. The number of carbonyl (C=O) groups excluding carboxylic acids is 1. The molecule has 1 aromatic heterocycles. The average Bonchev–Trinajstić information content (AvgIpc) is 3.14. The number of aromatic nitrogens is 2. The Morgan fingerprint density at radius 3 is 2.63 bits per heavy atom. The molecule has 1 aromatic carbocycles.